The summed E-state index contributed by atoms with van der Waals surface area (Å²) in [6.07, 6.45) is 1.52. The first-order valence-corrected chi connectivity index (χ1v) is 11.6. The van der Waals surface area contributed by atoms with Gasteiger partial charge in [-0.2, -0.15) is 0 Å². The third kappa shape index (κ3) is 4.56. The van der Waals surface area contributed by atoms with Crippen LogP contribution in [0.3, 0.4) is 0 Å². The van der Waals surface area contributed by atoms with E-state index in [0.29, 0.717) is 28.3 Å². The zero-order chi connectivity index (χ0) is 27.0. The van der Waals surface area contributed by atoms with Gasteiger partial charge in [-0.1, -0.05) is 0 Å². The Morgan fingerprint density at radius 1 is 1.00 bits per heavy atom. The molecule has 11 heteroatoms. The maximum Gasteiger partial charge on any atom is 0.270 e. The molecule has 3 aromatic rings. The zero-order valence-corrected chi connectivity index (χ0v) is 21.6. The summed E-state index contributed by atoms with van der Waals surface area (Å²) in [6.45, 7) is 5.52. The summed E-state index contributed by atoms with van der Waals surface area (Å²) in [4.78, 5) is 38.3. The Morgan fingerprint density at radius 3 is 2.32 bits per heavy atom. The Hall–Kier alpha value is -4.51. The van der Waals surface area contributed by atoms with Crippen LogP contribution in [0.2, 0.25) is 0 Å². The molecular weight excluding hydrogens is 496 g/mol. The third-order valence-corrected chi connectivity index (χ3v) is 6.42. The number of nitrogens with one attached hydrogen (secondary N) is 1. The second-order valence-electron chi connectivity index (χ2n) is 8.39. The van der Waals surface area contributed by atoms with Crippen molar-refractivity contribution >= 4 is 46.6 Å². The fraction of sp³-hybridized carbons (Fsp3) is 0.192. The molecule has 1 aromatic heterocycles. The molecule has 1 aliphatic rings. The highest BCUT2D eigenvalue weighted by Gasteiger charge is 2.36. The third-order valence-electron chi connectivity index (χ3n) is 6.13. The number of thiocarbonyl (C=S) groups is 1. The van der Waals surface area contributed by atoms with Crippen LogP contribution < -0.4 is 19.7 Å². The van der Waals surface area contributed by atoms with Crippen LogP contribution in [0, 0.1) is 30.9 Å². The Balaban J connectivity index is 1.77. The summed E-state index contributed by atoms with van der Waals surface area (Å²) in [6, 6.07) is 11.4. The maximum absolute atomic E-state index is 13.6. The lowest BCUT2D eigenvalue weighted by Gasteiger charge is -2.30. The molecule has 0 bridgehead atoms. The van der Waals surface area contributed by atoms with Crippen molar-refractivity contribution in [2.45, 2.75) is 20.8 Å². The number of benzene rings is 2. The lowest BCUT2D eigenvalue weighted by Crippen LogP contribution is -2.54. The second kappa shape index (κ2) is 9.86. The smallest absolute Gasteiger partial charge is 0.270 e. The van der Waals surface area contributed by atoms with Crippen molar-refractivity contribution in [1.29, 1.82) is 0 Å². The van der Waals surface area contributed by atoms with Crippen molar-refractivity contribution in [2.75, 3.05) is 19.1 Å². The van der Waals surface area contributed by atoms with Crippen molar-refractivity contribution in [1.82, 2.24) is 9.88 Å². The molecule has 4 rings (SSSR count). The molecule has 0 aliphatic carbocycles. The normalized spacial score (nSPS) is 14.7. The number of anilines is 1. The zero-order valence-electron chi connectivity index (χ0n) is 20.8. The van der Waals surface area contributed by atoms with Gasteiger partial charge in [0.05, 0.1) is 24.8 Å². The van der Waals surface area contributed by atoms with Crippen LogP contribution in [0.5, 0.6) is 11.5 Å². The number of nitrogens with zero attached hydrogens (tertiary/aromatic N) is 3. The highest BCUT2D eigenvalue weighted by Crippen LogP contribution is 2.35. The standard InChI is InChI=1S/C26H24N4O6S/c1-14-10-18(30(33)34)6-8-21(14)28-15(2)11-17(16(28)3)12-20-24(31)27-26(37)29(25(20)32)22-9-7-19(35-4)13-23(22)36-5/h6-13H,1-5H3,(H,27,31,37)/b20-12+. The Bertz CT molecular complexity index is 1510. The van der Waals surface area contributed by atoms with Gasteiger partial charge in [0.2, 0.25) is 0 Å². The number of methoxy groups -OCH3 is 2. The molecule has 1 fully saturated rings. The van der Waals surface area contributed by atoms with E-state index >= 15 is 0 Å². The number of rotatable bonds is 6. The SMILES string of the molecule is COc1ccc(N2C(=O)/C(=C/c3cc(C)n(-c4ccc([N+](=O)[O-])cc4C)c3C)C(=O)NC2=S)c(OC)c1. The number of non-ortho nitro benzene ring substituents is 1. The van der Waals surface area contributed by atoms with Crippen molar-refractivity contribution in [2.24, 2.45) is 0 Å². The van der Waals surface area contributed by atoms with Gasteiger partial charge in [0.25, 0.3) is 17.5 Å². The minimum atomic E-state index is -0.616. The highest BCUT2D eigenvalue weighted by atomic mass is 32.1. The van der Waals surface area contributed by atoms with Gasteiger partial charge in [0.1, 0.15) is 17.1 Å². The molecule has 0 saturated carbocycles. The molecular formula is C26H24N4O6S. The molecule has 0 spiro atoms. The fourth-order valence-electron chi connectivity index (χ4n) is 4.31. The number of carbonyl (C=O) groups excluding carboxylic acids is 2. The monoisotopic (exact) mass is 520 g/mol. The van der Waals surface area contributed by atoms with Crippen LogP contribution in [0.15, 0.2) is 48.0 Å². The van der Waals surface area contributed by atoms with Crippen LogP contribution in [0.1, 0.15) is 22.5 Å². The molecule has 0 unspecified atom stereocenters. The van der Waals surface area contributed by atoms with Crippen molar-refractivity contribution in [3.8, 4) is 17.2 Å². The molecule has 37 heavy (non-hydrogen) atoms. The predicted octanol–water partition coefficient (Wildman–Crippen LogP) is 4.16. The van der Waals surface area contributed by atoms with Crippen LogP contribution in [-0.4, -0.2) is 40.6 Å². The number of carbonyl (C=O) groups is 2. The van der Waals surface area contributed by atoms with Gasteiger partial charge in [-0.05, 0) is 74.5 Å². The van der Waals surface area contributed by atoms with Gasteiger partial charge in [-0.3, -0.25) is 25.0 Å². The number of nitro groups is 1. The van der Waals surface area contributed by atoms with Crippen LogP contribution in [-0.2, 0) is 9.59 Å². The van der Waals surface area contributed by atoms with Crippen molar-refractivity contribution in [3.63, 3.8) is 0 Å². The molecule has 2 amide bonds. The summed E-state index contributed by atoms with van der Waals surface area (Å²) < 4.78 is 12.6. The Kier molecular flexibility index (Phi) is 6.82. The number of hydrogen-bond acceptors (Lipinski definition) is 7. The summed E-state index contributed by atoms with van der Waals surface area (Å²) in [5.41, 5.74) is 3.95. The van der Waals surface area contributed by atoms with Crippen LogP contribution in [0.4, 0.5) is 11.4 Å². The molecule has 0 atom stereocenters. The Labute approximate surface area is 218 Å². The average Bonchev–Trinajstić information content (AvgIpc) is 3.14. The Morgan fingerprint density at radius 2 is 1.70 bits per heavy atom. The van der Waals surface area contributed by atoms with E-state index in [2.05, 4.69) is 5.32 Å². The molecule has 1 N–H and O–H groups in total. The number of hydrogen-bond donors (Lipinski definition) is 1. The van der Waals surface area contributed by atoms with Crippen LogP contribution >= 0.6 is 12.2 Å². The van der Waals surface area contributed by atoms with E-state index in [1.54, 1.807) is 31.2 Å². The second-order valence-corrected chi connectivity index (χ2v) is 8.77. The van der Waals surface area contributed by atoms with E-state index in [-0.39, 0.29) is 16.4 Å². The average molecular weight is 521 g/mol. The van der Waals surface area contributed by atoms with E-state index < -0.39 is 16.7 Å². The lowest BCUT2D eigenvalue weighted by atomic mass is 10.1. The number of aromatic nitrogens is 1. The number of ether oxygens (including phenoxy) is 2. The topological polar surface area (TPSA) is 116 Å². The summed E-state index contributed by atoms with van der Waals surface area (Å²) in [5.74, 6) is -0.342. The largest absolute Gasteiger partial charge is 0.497 e. The summed E-state index contributed by atoms with van der Waals surface area (Å²) in [7, 11) is 2.97. The van der Waals surface area contributed by atoms with Gasteiger partial charge >= 0.3 is 0 Å². The fourth-order valence-corrected chi connectivity index (χ4v) is 4.58. The first kappa shape index (κ1) is 25.6. The van der Waals surface area contributed by atoms with E-state index in [9.17, 15) is 19.7 Å². The minimum absolute atomic E-state index is 0.000507. The summed E-state index contributed by atoms with van der Waals surface area (Å²) in [5, 5.41) is 13.7. The van der Waals surface area contributed by atoms with Crippen molar-refractivity contribution in [3.05, 3.63) is 80.7 Å². The van der Waals surface area contributed by atoms with E-state index in [0.717, 1.165) is 17.1 Å². The molecule has 1 saturated heterocycles. The minimum Gasteiger partial charge on any atom is -0.497 e. The molecule has 190 valence electrons. The first-order chi connectivity index (χ1) is 17.6. The number of aryl methyl sites for hydroxylation is 2. The highest BCUT2D eigenvalue weighted by molar-refractivity contribution is 7.80. The molecule has 2 aromatic carbocycles. The van der Waals surface area contributed by atoms with E-state index in [1.165, 1.54) is 37.3 Å². The van der Waals surface area contributed by atoms with Gasteiger partial charge in [0.15, 0.2) is 5.11 Å². The molecule has 10 nitrogen and oxygen atoms in total. The van der Waals surface area contributed by atoms with Gasteiger partial charge in [-0.25, -0.2) is 4.90 Å². The molecule has 1 aliphatic heterocycles. The van der Waals surface area contributed by atoms with Gasteiger partial charge < -0.3 is 14.0 Å². The maximum atomic E-state index is 13.6. The van der Waals surface area contributed by atoms with Crippen LogP contribution in [0.25, 0.3) is 11.8 Å². The van der Waals surface area contributed by atoms with E-state index in [1.807, 2.05) is 24.5 Å². The molecule has 0 radical (unpaired) electrons. The van der Waals surface area contributed by atoms with Gasteiger partial charge in [-0.15, -0.1) is 0 Å². The first-order valence-electron chi connectivity index (χ1n) is 11.1. The van der Waals surface area contributed by atoms with E-state index in [4.69, 9.17) is 21.7 Å². The van der Waals surface area contributed by atoms with Gasteiger partial charge in [0, 0.05) is 35.3 Å². The molecule has 2 heterocycles. The lowest BCUT2D eigenvalue weighted by molar-refractivity contribution is -0.384. The number of nitro benzene ring substituents is 1. The number of amides is 2. The quantitative estimate of drug-likeness (QED) is 0.171. The summed E-state index contributed by atoms with van der Waals surface area (Å²) >= 11 is 5.31. The predicted molar refractivity (Wildman–Crippen MR) is 142 cm³/mol. The van der Waals surface area contributed by atoms with Crippen molar-refractivity contribution < 1.29 is 24.0 Å².